The molecule has 0 rings (SSSR count). The summed E-state index contributed by atoms with van der Waals surface area (Å²) in [6.45, 7) is 6.61. The van der Waals surface area contributed by atoms with Gasteiger partial charge in [0.1, 0.15) is 13.2 Å². The number of carbonyl (C=O) groups excluding carboxylic acids is 3. The molecule has 0 amide bonds. The van der Waals surface area contributed by atoms with Gasteiger partial charge in [-0.1, -0.05) is 283 Å². The van der Waals surface area contributed by atoms with Crippen molar-refractivity contribution in [3.8, 4) is 0 Å². The van der Waals surface area contributed by atoms with E-state index in [0.717, 1.165) is 70.6 Å². The minimum atomic E-state index is -0.774. The van der Waals surface area contributed by atoms with E-state index in [1.807, 2.05) is 0 Å². The quantitative estimate of drug-likeness (QED) is 0.0261. The van der Waals surface area contributed by atoms with E-state index in [9.17, 15) is 14.4 Å². The Hall–Kier alpha value is -2.11. The van der Waals surface area contributed by atoms with E-state index in [4.69, 9.17) is 14.2 Å². The Balaban J connectivity index is 4.08. The molecule has 69 heavy (non-hydrogen) atoms. The number of hydrogen-bond acceptors (Lipinski definition) is 6. The lowest BCUT2D eigenvalue weighted by Gasteiger charge is -2.18. The Morgan fingerprint density at radius 1 is 0.275 bits per heavy atom. The molecule has 0 aromatic carbocycles. The second kappa shape index (κ2) is 58.5. The van der Waals surface area contributed by atoms with E-state index in [-0.39, 0.29) is 31.1 Å². The maximum Gasteiger partial charge on any atom is 0.306 e. The second-order valence-electron chi connectivity index (χ2n) is 21.0. The lowest BCUT2D eigenvalue weighted by Crippen LogP contribution is -2.30. The van der Waals surface area contributed by atoms with Gasteiger partial charge in [0.2, 0.25) is 0 Å². The van der Waals surface area contributed by atoms with Crippen LogP contribution in [0, 0.1) is 0 Å². The highest BCUT2D eigenvalue weighted by atomic mass is 16.6. The Morgan fingerprint density at radius 2 is 0.493 bits per heavy atom. The van der Waals surface area contributed by atoms with E-state index >= 15 is 0 Å². The summed E-state index contributed by atoms with van der Waals surface area (Å²) >= 11 is 0. The van der Waals surface area contributed by atoms with Gasteiger partial charge in [0.15, 0.2) is 6.10 Å². The van der Waals surface area contributed by atoms with Crippen LogP contribution in [0.5, 0.6) is 0 Å². The molecule has 0 radical (unpaired) electrons. The number of allylic oxidation sites excluding steroid dienone is 4. The lowest BCUT2D eigenvalue weighted by molar-refractivity contribution is -0.167. The van der Waals surface area contributed by atoms with E-state index in [0.29, 0.717) is 19.3 Å². The first-order valence-corrected chi connectivity index (χ1v) is 30.8. The minimum Gasteiger partial charge on any atom is -0.462 e. The molecular weight excluding hydrogens is 853 g/mol. The van der Waals surface area contributed by atoms with Crippen molar-refractivity contribution in [1.29, 1.82) is 0 Å². The molecule has 0 N–H and O–H groups in total. The second-order valence-corrected chi connectivity index (χ2v) is 21.0. The van der Waals surface area contributed by atoms with Crippen LogP contribution in [-0.2, 0) is 28.6 Å². The smallest absolute Gasteiger partial charge is 0.306 e. The fourth-order valence-corrected chi connectivity index (χ4v) is 9.25. The molecule has 6 nitrogen and oxygen atoms in total. The van der Waals surface area contributed by atoms with Crippen molar-refractivity contribution in [2.45, 2.75) is 348 Å². The number of esters is 3. The molecule has 0 fully saturated rings. The molecule has 1 atom stereocenters. The van der Waals surface area contributed by atoms with Crippen LogP contribution < -0.4 is 0 Å². The van der Waals surface area contributed by atoms with Crippen LogP contribution in [0.2, 0.25) is 0 Å². The van der Waals surface area contributed by atoms with E-state index in [1.54, 1.807) is 0 Å². The van der Waals surface area contributed by atoms with Crippen molar-refractivity contribution in [2.24, 2.45) is 0 Å². The van der Waals surface area contributed by atoms with Crippen molar-refractivity contribution in [3.05, 3.63) is 24.3 Å². The number of unbranched alkanes of at least 4 members (excludes halogenated alkanes) is 42. The molecule has 0 heterocycles. The lowest BCUT2D eigenvalue weighted by atomic mass is 10.0. The molecule has 0 bridgehead atoms. The van der Waals surface area contributed by atoms with Gasteiger partial charge in [0.05, 0.1) is 0 Å². The van der Waals surface area contributed by atoms with Gasteiger partial charge in [0.25, 0.3) is 0 Å². The highest BCUT2D eigenvalue weighted by Gasteiger charge is 2.19. The minimum absolute atomic E-state index is 0.0732. The first kappa shape index (κ1) is 66.9. The fourth-order valence-electron chi connectivity index (χ4n) is 9.25. The van der Waals surface area contributed by atoms with Crippen LogP contribution in [0.3, 0.4) is 0 Å². The van der Waals surface area contributed by atoms with Crippen molar-refractivity contribution in [1.82, 2.24) is 0 Å². The van der Waals surface area contributed by atoms with Crippen LogP contribution in [0.4, 0.5) is 0 Å². The summed E-state index contributed by atoms with van der Waals surface area (Å²) in [5.74, 6) is -0.875. The number of carbonyl (C=O) groups is 3. The highest BCUT2D eigenvalue weighted by molar-refractivity contribution is 5.71. The monoisotopic (exact) mass is 971 g/mol. The van der Waals surface area contributed by atoms with E-state index in [2.05, 4.69) is 45.1 Å². The summed E-state index contributed by atoms with van der Waals surface area (Å²) in [5.41, 5.74) is 0. The zero-order valence-electron chi connectivity index (χ0n) is 46.6. The third kappa shape index (κ3) is 56.7. The fraction of sp³-hybridized carbons (Fsp3) is 0.889. The van der Waals surface area contributed by atoms with Gasteiger partial charge < -0.3 is 14.2 Å². The van der Waals surface area contributed by atoms with Crippen LogP contribution in [0.15, 0.2) is 24.3 Å². The summed E-state index contributed by atoms with van der Waals surface area (Å²) < 4.78 is 16.8. The SMILES string of the molecule is CCCC/C=C\CCCCCCCC(=O)OCC(COC(=O)CCCCCCCCCCCCCCCCCCCCCCCCCCCCCC)OC(=O)CCCCCCC/C=C\CCCCC. The highest BCUT2D eigenvalue weighted by Crippen LogP contribution is 2.18. The molecule has 0 saturated heterocycles. The van der Waals surface area contributed by atoms with E-state index < -0.39 is 6.10 Å². The standard InChI is InChI=1S/C63H118O6/c1-4-7-10-13-16-19-22-24-25-26-27-28-29-30-31-32-33-34-35-36-37-38-39-42-44-47-50-53-56-62(65)68-59-60(58-67-61(64)55-52-49-46-43-40-21-18-15-12-9-6-3)69-63(66)57-54-51-48-45-41-23-20-17-14-11-8-5-2/h15,17-18,20,60H,4-14,16,19,21-59H2,1-3H3/b18-15-,20-17-. The summed E-state index contributed by atoms with van der Waals surface area (Å²) in [5, 5.41) is 0. The van der Waals surface area contributed by atoms with Crippen molar-refractivity contribution < 1.29 is 28.6 Å². The van der Waals surface area contributed by atoms with Gasteiger partial charge in [-0.25, -0.2) is 0 Å². The molecule has 0 spiro atoms. The number of rotatable bonds is 57. The van der Waals surface area contributed by atoms with Crippen molar-refractivity contribution in [2.75, 3.05) is 13.2 Å². The van der Waals surface area contributed by atoms with Crippen molar-refractivity contribution in [3.63, 3.8) is 0 Å². The van der Waals surface area contributed by atoms with Crippen LogP contribution in [-0.4, -0.2) is 37.2 Å². The third-order valence-electron chi connectivity index (χ3n) is 13.9. The maximum atomic E-state index is 12.8. The number of ether oxygens (including phenoxy) is 3. The molecule has 0 aliphatic carbocycles. The topological polar surface area (TPSA) is 78.9 Å². The summed E-state index contributed by atoms with van der Waals surface area (Å²) in [7, 11) is 0. The maximum absolute atomic E-state index is 12.8. The predicted octanol–water partition coefficient (Wildman–Crippen LogP) is 20.7. The van der Waals surface area contributed by atoms with Gasteiger partial charge in [-0.15, -0.1) is 0 Å². The van der Waals surface area contributed by atoms with Gasteiger partial charge in [-0.2, -0.15) is 0 Å². The number of hydrogen-bond donors (Lipinski definition) is 0. The molecule has 0 aromatic heterocycles. The molecule has 6 heteroatoms. The van der Waals surface area contributed by atoms with Gasteiger partial charge in [0, 0.05) is 19.3 Å². The normalized spacial score (nSPS) is 12.1. The predicted molar refractivity (Wildman–Crippen MR) is 298 cm³/mol. The van der Waals surface area contributed by atoms with E-state index in [1.165, 1.54) is 231 Å². The van der Waals surface area contributed by atoms with Crippen LogP contribution >= 0.6 is 0 Å². The van der Waals surface area contributed by atoms with Crippen LogP contribution in [0.25, 0.3) is 0 Å². The summed E-state index contributed by atoms with van der Waals surface area (Å²) in [6.07, 6.45) is 69.2. The van der Waals surface area contributed by atoms with Crippen LogP contribution in [0.1, 0.15) is 342 Å². The molecule has 1 unspecified atom stereocenters. The Bertz CT molecular complexity index is 1110. The molecule has 0 saturated carbocycles. The van der Waals surface area contributed by atoms with Crippen molar-refractivity contribution >= 4 is 17.9 Å². The Morgan fingerprint density at radius 3 is 0.797 bits per heavy atom. The molecule has 0 aromatic rings. The Kier molecular flexibility index (Phi) is 56.7. The average Bonchev–Trinajstić information content (AvgIpc) is 3.35. The van der Waals surface area contributed by atoms with Gasteiger partial charge in [-0.05, 0) is 64.2 Å². The zero-order chi connectivity index (χ0) is 50.0. The average molecular weight is 972 g/mol. The summed E-state index contributed by atoms with van der Waals surface area (Å²) in [4.78, 5) is 38.1. The molecule has 0 aliphatic heterocycles. The van der Waals surface area contributed by atoms with Gasteiger partial charge in [-0.3, -0.25) is 14.4 Å². The summed E-state index contributed by atoms with van der Waals surface area (Å²) in [6, 6.07) is 0. The first-order valence-electron chi connectivity index (χ1n) is 30.8. The zero-order valence-corrected chi connectivity index (χ0v) is 46.6. The first-order chi connectivity index (χ1) is 34.0. The molecule has 406 valence electrons. The Labute approximate surface area is 430 Å². The van der Waals surface area contributed by atoms with Gasteiger partial charge >= 0.3 is 17.9 Å². The molecule has 0 aliphatic rings. The largest absolute Gasteiger partial charge is 0.462 e. The molecular formula is C63H118O6. The third-order valence-corrected chi connectivity index (χ3v) is 13.9.